The van der Waals surface area contributed by atoms with Crippen molar-refractivity contribution in [2.75, 3.05) is 5.32 Å². The number of alkyl halides is 3. The van der Waals surface area contributed by atoms with Crippen molar-refractivity contribution >= 4 is 33.5 Å². The molecule has 2 atom stereocenters. The van der Waals surface area contributed by atoms with Crippen LogP contribution in [0.2, 0.25) is 0 Å². The van der Waals surface area contributed by atoms with Gasteiger partial charge in [0.1, 0.15) is 0 Å². The van der Waals surface area contributed by atoms with Gasteiger partial charge in [0.25, 0.3) is 0 Å². The van der Waals surface area contributed by atoms with E-state index in [-0.39, 0.29) is 16.6 Å². The molecule has 2 N–H and O–H groups in total. The summed E-state index contributed by atoms with van der Waals surface area (Å²) in [5.41, 5.74) is -1.35. The number of carboxylic acids is 1. The monoisotopic (exact) mass is 351 g/mol. The third-order valence-electron chi connectivity index (χ3n) is 2.99. The molecular weight excluding hydrogens is 343 g/mol. The van der Waals surface area contributed by atoms with Crippen LogP contribution in [-0.2, 0) is 15.8 Å². The molecule has 20 heavy (non-hydrogen) atoms. The van der Waals surface area contributed by atoms with Crippen LogP contribution >= 0.6 is 15.9 Å². The molecule has 0 saturated heterocycles. The topological polar surface area (TPSA) is 66.4 Å². The van der Waals surface area contributed by atoms with Crippen LogP contribution in [0.15, 0.2) is 22.7 Å². The molecule has 1 saturated carbocycles. The Hall–Kier alpha value is -1.57. The number of carbonyl (C=O) groups is 2. The van der Waals surface area contributed by atoms with Crippen LogP contribution in [0, 0.1) is 11.8 Å². The van der Waals surface area contributed by atoms with Crippen molar-refractivity contribution in [3.8, 4) is 0 Å². The number of carboxylic acid groups (broad SMARTS) is 1. The van der Waals surface area contributed by atoms with Gasteiger partial charge in [0.2, 0.25) is 5.91 Å². The number of amides is 1. The van der Waals surface area contributed by atoms with E-state index in [0.717, 1.165) is 12.1 Å². The summed E-state index contributed by atoms with van der Waals surface area (Å²) < 4.78 is 38.7. The summed E-state index contributed by atoms with van der Waals surface area (Å²) in [7, 11) is 0. The highest BCUT2D eigenvalue weighted by Gasteiger charge is 2.48. The third-order valence-corrected chi connectivity index (χ3v) is 3.48. The Morgan fingerprint density at radius 2 is 1.95 bits per heavy atom. The average Bonchev–Trinajstić information content (AvgIpc) is 3.10. The lowest BCUT2D eigenvalue weighted by atomic mass is 10.1. The largest absolute Gasteiger partial charge is 0.481 e. The predicted octanol–water partition coefficient (Wildman–Crippen LogP) is 3.13. The van der Waals surface area contributed by atoms with Crippen molar-refractivity contribution in [2.45, 2.75) is 12.6 Å². The summed E-state index contributed by atoms with van der Waals surface area (Å²) >= 11 is 2.93. The van der Waals surface area contributed by atoms with Gasteiger partial charge in [0.05, 0.1) is 23.1 Å². The van der Waals surface area contributed by atoms with E-state index in [9.17, 15) is 22.8 Å². The quantitative estimate of drug-likeness (QED) is 0.879. The number of carbonyl (C=O) groups excluding carboxylic acids is 1. The standard InChI is InChI=1S/C12H9BrF3NO3/c13-5-1-2-9(8(3-5)12(14,15)16)17-10(18)6-4-7(6)11(19)20/h1-3,6-7H,4H2,(H,17,18)(H,19,20)/t6-,7+/m1/s1. The molecule has 0 aliphatic heterocycles. The number of halogens is 4. The second kappa shape index (κ2) is 5.08. The number of benzene rings is 1. The highest BCUT2D eigenvalue weighted by Crippen LogP contribution is 2.41. The maximum Gasteiger partial charge on any atom is 0.418 e. The smallest absolute Gasteiger partial charge is 0.418 e. The van der Waals surface area contributed by atoms with E-state index < -0.39 is 35.5 Å². The Bertz CT molecular complexity index is 574. The first-order chi connectivity index (χ1) is 9.20. The molecular formula is C12H9BrF3NO3. The van der Waals surface area contributed by atoms with E-state index in [0.29, 0.717) is 0 Å². The van der Waals surface area contributed by atoms with Gasteiger partial charge in [-0.25, -0.2) is 0 Å². The number of aliphatic carboxylic acids is 1. The van der Waals surface area contributed by atoms with Crippen molar-refractivity contribution in [2.24, 2.45) is 11.8 Å². The van der Waals surface area contributed by atoms with Crippen LogP contribution in [0.4, 0.5) is 18.9 Å². The van der Waals surface area contributed by atoms with Gasteiger partial charge < -0.3 is 10.4 Å². The Balaban J connectivity index is 2.18. The lowest BCUT2D eigenvalue weighted by Crippen LogP contribution is -2.19. The van der Waals surface area contributed by atoms with Crippen LogP contribution in [0.1, 0.15) is 12.0 Å². The van der Waals surface area contributed by atoms with Crippen molar-refractivity contribution in [1.29, 1.82) is 0 Å². The first-order valence-corrected chi connectivity index (χ1v) is 6.40. The van der Waals surface area contributed by atoms with Crippen LogP contribution in [0.3, 0.4) is 0 Å². The van der Waals surface area contributed by atoms with Crippen molar-refractivity contribution in [3.63, 3.8) is 0 Å². The second-order valence-electron chi connectivity index (χ2n) is 4.46. The molecule has 1 fully saturated rings. The van der Waals surface area contributed by atoms with Crippen molar-refractivity contribution < 1.29 is 27.9 Å². The van der Waals surface area contributed by atoms with E-state index in [2.05, 4.69) is 21.2 Å². The molecule has 0 radical (unpaired) electrons. The van der Waals surface area contributed by atoms with Gasteiger partial charge in [-0.2, -0.15) is 13.2 Å². The molecule has 108 valence electrons. The van der Waals surface area contributed by atoms with Crippen LogP contribution in [-0.4, -0.2) is 17.0 Å². The zero-order valence-corrected chi connectivity index (χ0v) is 11.5. The molecule has 8 heteroatoms. The lowest BCUT2D eigenvalue weighted by molar-refractivity contribution is -0.140. The van der Waals surface area contributed by atoms with E-state index in [1.165, 1.54) is 6.07 Å². The molecule has 1 aromatic carbocycles. The molecule has 1 aliphatic rings. The summed E-state index contributed by atoms with van der Waals surface area (Å²) in [5.74, 6) is -3.39. The lowest BCUT2D eigenvalue weighted by Gasteiger charge is -2.14. The Morgan fingerprint density at radius 1 is 1.30 bits per heavy atom. The first-order valence-electron chi connectivity index (χ1n) is 5.60. The minimum absolute atomic E-state index is 0.152. The SMILES string of the molecule is O=C(O)[C@H]1C[C@H]1C(=O)Nc1ccc(Br)cc1C(F)(F)F. The fourth-order valence-corrected chi connectivity index (χ4v) is 2.20. The second-order valence-corrected chi connectivity index (χ2v) is 5.38. The van der Waals surface area contributed by atoms with E-state index in [1.54, 1.807) is 0 Å². The van der Waals surface area contributed by atoms with Gasteiger partial charge in [-0.15, -0.1) is 0 Å². The number of rotatable bonds is 3. The molecule has 1 amide bonds. The van der Waals surface area contributed by atoms with Gasteiger partial charge in [0, 0.05) is 4.47 Å². The molecule has 0 heterocycles. The highest BCUT2D eigenvalue weighted by atomic mass is 79.9. The molecule has 0 unspecified atom stereocenters. The van der Waals surface area contributed by atoms with Gasteiger partial charge >= 0.3 is 12.1 Å². The summed E-state index contributed by atoms with van der Waals surface area (Å²) in [4.78, 5) is 22.3. The molecule has 0 aromatic heterocycles. The van der Waals surface area contributed by atoms with Crippen LogP contribution < -0.4 is 5.32 Å². The zero-order valence-electron chi connectivity index (χ0n) is 9.87. The Labute approximate surface area is 120 Å². The molecule has 0 bridgehead atoms. The third kappa shape index (κ3) is 3.12. The summed E-state index contributed by atoms with van der Waals surface area (Å²) in [5, 5.41) is 10.8. The van der Waals surface area contributed by atoms with Gasteiger partial charge in [-0.1, -0.05) is 15.9 Å². The van der Waals surface area contributed by atoms with Gasteiger partial charge in [-0.3, -0.25) is 9.59 Å². The van der Waals surface area contributed by atoms with Crippen LogP contribution in [0.25, 0.3) is 0 Å². The maximum atomic E-state index is 12.8. The van der Waals surface area contributed by atoms with Crippen molar-refractivity contribution in [1.82, 2.24) is 0 Å². The Morgan fingerprint density at radius 3 is 2.45 bits per heavy atom. The molecule has 1 aromatic rings. The zero-order chi connectivity index (χ0) is 15.1. The summed E-state index contributed by atoms with van der Waals surface area (Å²) in [6.45, 7) is 0. The number of anilines is 1. The van der Waals surface area contributed by atoms with E-state index >= 15 is 0 Å². The Kier molecular flexibility index (Phi) is 3.77. The maximum absolute atomic E-state index is 12.8. The fraction of sp³-hybridized carbons (Fsp3) is 0.333. The number of nitrogens with one attached hydrogen (secondary N) is 1. The van der Waals surface area contributed by atoms with Gasteiger partial charge in [0.15, 0.2) is 0 Å². The minimum atomic E-state index is -4.61. The number of hydrogen-bond acceptors (Lipinski definition) is 2. The normalized spacial score (nSPS) is 21.4. The van der Waals surface area contributed by atoms with Gasteiger partial charge in [-0.05, 0) is 24.6 Å². The van der Waals surface area contributed by atoms with Crippen molar-refractivity contribution in [3.05, 3.63) is 28.2 Å². The van der Waals surface area contributed by atoms with E-state index in [1.807, 2.05) is 0 Å². The first kappa shape index (κ1) is 14.8. The molecule has 4 nitrogen and oxygen atoms in total. The molecule has 0 spiro atoms. The molecule has 1 aliphatic carbocycles. The summed E-state index contributed by atoms with van der Waals surface area (Å²) in [6, 6.07) is 3.35. The number of hydrogen-bond donors (Lipinski definition) is 2. The summed E-state index contributed by atoms with van der Waals surface area (Å²) in [6.07, 6.45) is -4.46. The van der Waals surface area contributed by atoms with Crippen LogP contribution in [0.5, 0.6) is 0 Å². The minimum Gasteiger partial charge on any atom is -0.481 e. The predicted molar refractivity (Wildman–Crippen MR) is 67.0 cm³/mol. The fourth-order valence-electron chi connectivity index (χ4n) is 1.84. The average molecular weight is 352 g/mol. The highest BCUT2D eigenvalue weighted by molar-refractivity contribution is 9.10. The molecule has 2 rings (SSSR count). The van der Waals surface area contributed by atoms with E-state index in [4.69, 9.17) is 5.11 Å².